The van der Waals surface area contributed by atoms with Crippen LogP contribution in [0.4, 0.5) is 15.7 Å². The number of anilines is 1. The molecule has 0 spiro atoms. The largest absolute Gasteiger partial charge is 0.363 e. The zero-order valence-corrected chi connectivity index (χ0v) is 19.1. The van der Waals surface area contributed by atoms with Gasteiger partial charge in [0.1, 0.15) is 11.1 Å². The predicted octanol–water partition coefficient (Wildman–Crippen LogP) is 6.44. The number of nitro groups is 1. The molecule has 2 bridgehead atoms. The van der Waals surface area contributed by atoms with Crippen LogP contribution in [0.2, 0.25) is 0 Å². The number of nitro benzene ring substituents is 1. The summed E-state index contributed by atoms with van der Waals surface area (Å²) >= 11 is 2.93. The maximum atomic E-state index is 11.7. The molecule has 6 nitrogen and oxygen atoms in total. The Kier molecular flexibility index (Phi) is 5.45. The van der Waals surface area contributed by atoms with Crippen LogP contribution >= 0.6 is 23.1 Å². The highest BCUT2D eigenvalue weighted by Crippen LogP contribution is 2.52. The number of aryl methyl sites for hydroxylation is 1. The van der Waals surface area contributed by atoms with Gasteiger partial charge in [0.05, 0.1) is 20.4 Å². The van der Waals surface area contributed by atoms with E-state index in [-0.39, 0.29) is 10.6 Å². The number of hydrogen-bond acceptors (Lipinski definition) is 7. The van der Waals surface area contributed by atoms with E-state index in [0.717, 1.165) is 42.0 Å². The first kappa shape index (κ1) is 20.7. The van der Waals surface area contributed by atoms with Crippen LogP contribution < -0.4 is 4.90 Å². The van der Waals surface area contributed by atoms with Crippen molar-refractivity contribution in [2.24, 2.45) is 4.99 Å². The van der Waals surface area contributed by atoms with Crippen molar-refractivity contribution in [1.82, 2.24) is 0 Å². The maximum Gasteiger partial charge on any atom is 0.283 e. The Balaban J connectivity index is 1.44. The Morgan fingerprint density at radius 3 is 2.69 bits per heavy atom. The second-order valence-electron chi connectivity index (χ2n) is 8.03. The highest BCUT2D eigenvalue weighted by molar-refractivity contribution is 7.99. The summed E-state index contributed by atoms with van der Waals surface area (Å²) in [6.07, 6.45) is 3.81. The van der Waals surface area contributed by atoms with E-state index >= 15 is 0 Å². The van der Waals surface area contributed by atoms with Gasteiger partial charge in [0.15, 0.2) is 0 Å². The van der Waals surface area contributed by atoms with E-state index in [9.17, 15) is 15.4 Å². The van der Waals surface area contributed by atoms with E-state index in [0.29, 0.717) is 26.9 Å². The number of rotatable bonds is 5. The first-order valence-electron chi connectivity index (χ1n) is 10.4. The third kappa shape index (κ3) is 3.78. The Bertz CT molecular complexity index is 1270. The lowest BCUT2D eigenvalue weighted by atomic mass is 9.84. The molecule has 0 N–H and O–H groups in total. The summed E-state index contributed by atoms with van der Waals surface area (Å²) in [5.74, 6) is 0.448. The molecule has 6 rings (SSSR count). The number of hydrogen-bond donors (Lipinski definition) is 0. The molecule has 3 aromatic rings. The van der Waals surface area contributed by atoms with Crippen LogP contribution in [0.25, 0.3) is 0 Å². The lowest BCUT2D eigenvalue weighted by molar-refractivity contribution is -0.387. The van der Waals surface area contributed by atoms with Crippen molar-refractivity contribution >= 4 is 45.0 Å². The van der Waals surface area contributed by atoms with Crippen molar-refractivity contribution in [3.63, 3.8) is 0 Å². The fourth-order valence-corrected chi connectivity index (χ4v) is 6.45. The zero-order valence-electron chi connectivity index (χ0n) is 17.4. The number of piperidine rings is 1. The van der Waals surface area contributed by atoms with Crippen LogP contribution in [0.15, 0.2) is 57.2 Å². The van der Waals surface area contributed by atoms with Gasteiger partial charge in [-0.1, -0.05) is 46.9 Å². The van der Waals surface area contributed by atoms with E-state index in [2.05, 4.69) is 16.0 Å². The molecule has 1 aromatic heterocycles. The Labute approximate surface area is 194 Å². The van der Waals surface area contributed by atoms with Crippen LogP contribution in [0.1, 0.15) is 41.0 Å². The molecule has 3 aliphatic rings. The molecule has 1 fully saturated rings. The van der Waals surface area contributed by atoms with E-state index < -0.39 is 0 Å². The minimum Gasteiger partial charge on any atom is -0.363 e. The second kappa shape index (κ2) is 8.41. The smallest absolute Gasteiger partial charge is 0.283 e. The molecule has 0 saturated carbocycles. The molecular weight excluding hydrogens is 440 g/mol. The van der Waals surface area contributed by atoms with E-state index in [1.54, 1.807) is 29.7 Å². The van der Waals surface area contributed by atoms with Gasteiger partial charge in [-0.3, -0.25) is 10.1 Å². The van der Waals surface area contributed by atoms with Crippen LogP contribution in [0.5, 0.6) is 0 Å². The normalized spacial score (nSPS) is 15.2. The predicted molar refractivity (Wildman–Crippen MR) is 129 cm³/mol. The van der Waals surface area contributed by atoms with Gasteiger partial charge in [-0.25, -0.2) is 4.99 Å². The third-order valence-electron chi connectivity index (χ3n) is 5.97. The van der Waals surface area contributed by atoms with Gasteiger partial charge in [-0.05, 0) is 49.4 Å². The molecule has 0 aliphatic carbocycles. The van der Waals surface area contributed by atoms with E-state index in [1.807, 2.05) is 37.3 Å². The highest BCUT2D eigenvalue weighted by atomic mass is 32.2. The van der Waals surface area contributed by atoms with Crippen LogP contribution in [-0.2, 0) is 0 Å². The minimum atomic E-state index is -0.358. The topological polar surface area (TPSA) is 82.5 Å². The quantitative estimate of drug-likeness (QED) is 0.249. The average molecular weight is 461 g/mol. The van der Waals surface area contributed by atoms with Crippen LogP contribution in [0, 0.1) is 28.4 Å². The lowest BCUT2D eigenvalue weighted by Gasteiger charge is -2.39. The Morgan fingerprint density at radius 2 is 2.00 bits per heavy atom. The first-order valence-corrected chi connectivity index (χ1v) is 12.1. The summed E-state index contributed by atoms with van der Waals surface area (Å²) in [7, 11) is 0. The lowest BCUT2D eigenvalue weighted by Crippen LogP contribution is -2.37. The summed E-state index contributed by atoms with van der Waals surface area (Å²) in [4.78, 5) is 19.8. The molecular formula is C24H20N4O2S2. The molecule has 32 heavy (non-hydrogen) atoms. The minimum absolute atomic E-state index is 0.0506. The summed E-state index contributed by atoms with van der Waals surface area (Å²) < 4.78 is 0. The first-order chi connectivity index (χ1) is 15.5. The van der Waals surface area contributed by atoms with Crippen molar-refractivity contribution in [2.75, 3.05) is 18.0 Å². The number of nitrogens with zero attached hydrogens (tertiary/aromatic N) is 4. The number of thiophene rings is 1. The van der Waals surface area contributed by atoms with Crippen molar-refractivity contribution < 1.29 is 4.92 Å². The number of nitriles is 1. The molecule has 160 valence electrons. The van der Waals surface area contributed by atoms with Crippen LogP contribution in [0.3, 0.4) is 0 Å². The molecule has 3 aliphatic heterocycles. The summed E-state index contributed by atoms with van der Waals surface area (Å²) in [5.41, 5.74) is 3.65. The summed E-state index contributed by atoms with van der Waals surface area (Å²) in [6.45, 7) is 4.09. The Morgan fingerprint density at radius 1 is 1.25 bits per heavy atom. The van der Waals surface area contributed by atoms with Crippen molar-refractivity contribution in [1.29, 1.82) is 5.26 Å². The van der Waals surface area contributed by atoms with Gasteiger partial charge >= 0.3 is 0 Å². The van der Waals surface area contributed by atoms with Gasteiger partial charge in [0, 0.05) is 35.8 Å². The van der Waals surface area contributed by atoms with E-state index in [1.165, 1.54) is 16.8 Å². The maximum absolute atomic E-state index is 11.7. The number of benzene rings is 2. The molecule has 0 atom stereocenters. The standard InChI is InChI=1S/C24H20N4O2S2/c1-15-2-5-18(6-3-15)31-21-7-4-16(12-20(21)28(29)30)14-26-23-19(13-25)22-17-8-10-27(11-9-17)24(22)32-23/h2-7,12,14,17H,8-11H2,1H3/b26-14+. The van der Waals surface area contributed by atoms with Gasteiger partial charge in [-0.2, -0.15) is 5.26 Å². The van der Waals surface area contributed by atoms with Gasteiger partial charge < -0.3 is 4.90 Å². The monoisotopic (exact) mass is 460 g/mol. The summed E-state index contributed by atoms with van der Waals surface area (Å²) in [5, 5.41) is 23.3. The van der Waals surface area contributed by atoms with Gasteiger partial charge in [-0.15, -0.1) is 0 Å². The number of aliphatic imine (C=N–C) groups is 1. The SMILES string of the molecule is Cc1ccc(Sc2ccc(/C=N/c3sc4c(c3C#N)C3CCN4CC3)cc2[N+](=O)[O-])cc1. The van der Waals surface area contributed by atoms with Gasteiger partial charge in [0.2, 0.25) is 0 Å². The molecule has 8 heteroatoms. The van der Waals surface area contributed by atoms with Gasteiger partial charge in [0.25, 0.3) is 5.69 Å². The Hall–Kier alpha value is -3.15. The van der Waals surface area contributed by atoms with Crippen molar-refractivity contribution in [3.8, 4) is 6.07 Å². The highest BCUT2D eigenvalue weighted by Gasteiger charge is 2.36. The van der Waals surface area contributed by atoms with Crippen molar-refractivity contribution in [3.05, 3.63) is 74.8 Å². The molecule has 1 saturated heterocycles. The van der Waals surface area contributed by atoms with Crippen LogP contribution in [-0.4, -0.2) is 24.2 Å². The third-order valence-corrected chi connectivity index (χ3v) is 8.22. The fraction of sp³-hybridized carbons (Fsp3) is 0.250. The number of fused-ring (bicyclic) bond motifs is 2. The van der Waals surface area contributed by atoms with E-state index in [4.69, 9.17) is 0 Å². The molecule has 2 aromatic carbocycles. The molecule has 0 amide bonds. The second-order valence-corrected chi connectivity index (χ2v) is 10.1. The molecule has 4 heterocycles. The van der Waals surface area contributed by atoms with Crippen molar-refractivity contribution in [2.45, 2.75) is 35.5 Å². The fourth-order valence-electron chi connectivity index (χ4n) is 4.31. The summed E-state index contributed by atoms with van der Waals surface area (Å²) in [6, 6.07) is 15.4. The molecule has 0 radical (unpaired) electrons. The average Bonchev–Trinajstić information content (AvgIpc) is 3.21. The molecule has 0 unspecified atom stereocenters. The zero-order chi connectivity index (χ0) is 22.2.